The number of carbonyl (C=O) groups excluding carboxylic acids is 2. The molecule has 7 heteroatoms. The van der Waals surface area contributed by atoms with Crippen LogP contribution in [0.4, 0.5) is 10.1 Å². The molecule has 3 rings (SSSR count). The van der Waals surface area contributed by atoms with E-state index >= 15 is 0 Å². The standard InChI is InChI=1S/C21H23FN2O4.C2H6/c1-15(26)24(20-5-3-2-4-19(20)22)17-10-11-23(12-17)21(27)14-28-18-8-6-16(13-25)7-9-18;1-2/h2-9,17,25H,10-14H2,1H3;1-2H3. The summed E-state index contributed by atoms with van der Waals surface area (Å²) in [5, 5.41) is 9.05. The molecule has 2 amide bonds. The summed E-state index contributed by atoms with van der Waals surface area (Å²) in [5.74, 6) is -0.370. The van der Waals surface area contributed by atoms with E-state index in [2.05, 4.69) is 0 Å². The van der Waals surface area contributed by atoms with Gasteiger partial charge in [0.25, 0.3) is 5.91 Å². The second-order valence-electron chi connectivity index (χ2n) is 6.71. The predicted molar refractivity (Wildman–Crippen MR) is 114 cm³/mol. The molecular formula is C23H29FN2O4. The number of aliphatic hydroxyl groups excluding tert-OH is 1. The number of para-hydroxylation sites is 1. The number of benzene rings is 2. The van der Waals surface area contributed by atoms with Crippen LogP contribution in [0, 0.1) is 5.82 Å². The highest BCUT2D eigenvalue weighted by Gasteiger charge is 2.33. The molecule has 1 heterocycles. The molecule has 0 saturated carbocycles. The van der Waals surface area contributed by atoms with Crippen molar-refractivity contribution < 1.29 is 23.8 Å². The summed E-state index contributed by atoms with van der Waals surface area (Å²) in [7, 11) is 0. The molecule has 0 radical (unpaired) electrons. The molecular weight excluding hydrogens is 387 g/mol. The Bertz CT molecular complexity index is 841. The Morgan fingerprint density at radius 2 is 1.83 bits per heavy atom. The molecule has 2 aromatic rings. The molecule has 0 spiro atoms. The smallest absolute Gasteiger partial charge is 0.260 e. The van der Waals surface area contributed by atoms with E-state index in [9.17, 15) is 14.0 Å². The third-order valence-electron chi connectivity index (χ3n) is 4.80. The minimum atomic E-state index is -0.461. The number of ether oxygens (including phenoxy) is 1. The number of nitrogens with zero attached hydrogens (tertiary/aromatic N) is 2. The fourth-order valence-corrected chi connectivity index (χ4v) is 3.38. The Kier molecular flexibility index (Phi) is 8.80. The fraction of sp³-hybridized carbons (Fsp3) is 0.391. The van der Waals surface area contributed by atoms with Gasteiger partial charge in [0.05, 0.1) is 18.3 Å². The highest BCUT2D eigenvalue weighted by Crippen LogP contribution is 2.26. The van der Waals surface area contributed by atoms with Crippen molar-refractivity contribution in [2.45, 2.75) is 39.8 Å². The van der Waals surface area contributed by atoms with Crippen LogP contribution in [0.25, 0.3) is 0 Å². The Hall–Kier alpha value is -2.93. The van der Waals surface area contributed by atoms with E-state index in [0.29, 0.717) is 25.3 Å². The number of likely N-dealkylation sites (tertiary alicyclic amines) is 1. The van der Waals surface area contributed by atoms with Crippen molar-refractivity contribution in [1.82, 2.24) is 4.90 Å². The third kappa shape index (κ3) is 5.79. The van der Waals surface area contributed by atoms with Gasteiger partial charge in [0.1, 0.15) is 11.6 Å². The monoisotopic (exact) mass is 416 g/mol. The normalized spacial score (nSPS) is 15.2. The van der Waals surface area contributed by atoms with Crippen molar-refractivity contribution in [3.05, 3.63) is 59.9 Å². The molecule has 6 nitrogen and oxygen atoms in total. The van der Waals surface area contributed by atoms with Gasteiger partial charge in [-0.2, -0.15) is 0 Å². The molecule has 1 aliphatic rings. The van der Waals surface area contributed by atoms with Gasteiger partial charge in [-0.15, -0.1) is 0 Å². The first-order valence-corrected chi connectivity index (χ1v) is 10.1. The average molecular weight is 416 g/mol. The molecule has 1 fully saturated rings. The van der Waals surface area contributed by atoms with Crippen molar-refractivity contribution in [1.29, 1.82) is 0 Å². The first-order valence-electron chi connectivity index (χ1n) is 10.1. The summed E-state index contributed by atoms with van der Waals surface area (Å²) >= 11 is 0. The van der Waals surface area contributed by atoms with Crippen molar-refractivity contribution >= 4 is 17.5 Å². The van der Waals surface area contributed by atoms with Gasteiger partial charge >= 0.3 is 0 Å². The van der Waals surface area contributed by atoms with Crippen LogP contribution >= 0.6 is 0 Å². The number of hydrogen-bond donors (Lipinski definition) is 1. The highest BCUT2D eigenvalue weighted by atomic mass is 19.1. The van der Waals surface area contributed by atoms with Crippen LogP contribution in [0.3, 0.4) is 0 Å². The molecule has 30 heavy (non-hydrogen) atoms. The van der Waals surface area contributed by atoms with Gasteiger partial charge in [0, 0.05) is 20.0 Å². The van der Waals surface area contributed by atoms with Crippen molar-refractivity contribution in [2.75, 3.05) is 24.6 Å². The zero-order valence-corrected chi connectivity index (χ0v) is 17.7. The van der Waals surface area contributed by atoms with E-state index in [1.54, 1.807) is 47.4 Å². The maximum absolute atomic E-state index is 14.2. The van der Waals surface area contributed by atoms with E-state index in [1.165, 1.54) is 17.9 Å². The van der Waals surface area contributed by atoms with Crippen LogP contribution in [-0.4, -0.2) is 47.6 Å². The number of anilines is 1. The quantitative estimate of drug-likeness (QED) is 0.784. The van der Waals surface area contributed by atoms with Crippen LogP contribution < -0.4 is 9.64 Å². The number of halogens is 1. The Morgan fingerprint density at radius 3 is 2.43 bits per heavy atom. The summed E-state index contributed by atoms with van der Waals surface area (Å²) in [4.78, 5) is 27.7. The molecule has 1 atom stereocenters. The van der Waals surface area contributed by atoms with Crippen molar-refractivity contribution in [2.24, 2.45) is 0 Å². The summed E-state index contributed by atoms with van der Waals surface area (Å²) in [5.41, 5.74) is 0.994. The number of carbonyl (C=O) groups is 2. The van der Waals surface area contributed by atoms with E-state index in [-0.39, 0.29) is 36.8 Å². The summed E-state index contributed by atoms with van der Waals surface area (Å²) in [6.45, 7) is 6.04. The van der Waals surface area contributed by atoms with E-state index in [0.717, 1.165) is 5.56 Å². The summed E-state index contributed by atoms with van der Waals surface area (Å²) in [6.07, 6.45) is 0.574. The molecule has 1 N–H and O–H groups in total. The molecule has 1 aliphatic heterocycles. The lowest BCUT2D eigenvalue weighted by atomic mass is 10.1. The highest BCUT2D eigenvalue weighted by molar-refractivity contribution is 5.92. The second kappa shape index (κ2) is 11.3. The molecule has 1 saturated heterocycles. The Labute approximate surface area is 176 Å². The lowest BCUT2D eigenvalue weighted by molar-refractivity contribution is -0.132. The SMILES string of the molecule is CC.CC(=O)N(c1ccccc1F)C1CCN(C(=O)COc2ccc(CO)cc2)C1. The van der Waals surface area contributed by atoms with Gasteiger partial charge in [-0.05, 0) is 36.2 Å². The molecule has 0 bridgehead atoms. The van der Waals surface area contributed by atoms with Gasteiger partial charge in [-0.25, -0.2) is 4.39 Å². The van der Waals surface area contributed by atoms with Crippen molar-refractivity contribution in [3.63, 3.8) is 0 Å². The second-order valence-corrected chi connectivity index (χ2v) is 6.71. The maximum atomic E-state index is 14.2. The van der Waals surface area contributed by atoms with Gasteiger partial charge in [-0.3, -0.25) is 9.59 Å². The zero-order valence-electron chi connectivity index (χ0n) is 17.7. The minimum absolute atomic E-state index is 0.0525. The van der Waals surface area contributed by atoms with E-state index < -0.39 is 5.82 Å². The third-order valence-corrected chi connectivity index (χ3v) is 4.80. The predicted octanol–water partition coefficient (Wildman–Crippen LogP) is 3.38. The first-order chi connectivity index (χ1) is 14.5. The van der Waals surface area contributed by atoms with E-state index in [4.69, 9.17) is 9.84 Å². The van der Waals surface area contributed by atoms with Crippen molar-refractivity contribution in [3.8, 4) is 5.75 Å². The van der Waals surface area contributed by atoms with Gasteiger partial charge in [0.15, 0.2) is 6.61 Å². The van der Waals surface area contributed by atoms with Gasteiger partial charge < -0.3 is 19.6 Å². The van der Waals surface area contributed by atoms with E-state index in [1.807, 2.05) is 13.8 Å². The first kappa shape index (κ1) is 23.3. The summed E-state index contributed by atoms with van der Waals surface area (Å²) < 4.78 is 19.7. The molecule has 162 valence electrons. The van der Waals surface area contributed by atoms with Crippen LogP contribution in [0.1, 0.15) is 32.8 Å². The number of amides is 2. The average Bonchev–Trinajstić information content (AvgIpc) is 3.25. The minimum Gasteiger partial charge on any atom is -0.484 e. The lowest BCUT2D eigenvalue weighted by Crippen LogP contribution is -2.43. The van der Waals surface area contributed by atoms with Crippen LogP contribution in [0.15, 0.2) is 48.5 Å². The summed E-state index contributed by atoms with van der Waals surface area (Å²) in [6, 6.07) is 12.7. The molecule has 0 aromatic heterocycles. The number of hydrogen-bond acceptors (Lipinski definition) is 4. The Morgan fingerprint density at radius 1 is 1.17 bits per heavy atom. The van der Waals surface area contributed by atoms with Gasteiger partial charge in [-0.1, -0.05) is 38.1 Å². The van der Waals surface area contributed by atoms with Crippen LogP contribution in [0.5, 0.6) is 5.75 Å². The zero-order chi connectivity index (χ0) is 22.1. The Balaban J connectivity index is 0.00000155. The molecule has 0 aliphatic carbocycles. The largest absolute Gasteiger partial charge is 0.484 e. The van der Waals surface area contributed by atoms with Gasteiger partial charge in [0.2, 0.25) is 5.91 Å². The van der Waals surface area contributed by atoms with Crippen LogP contribution in [-0.2, 0) is 16.2 Å². The molecule has 1 unspecified atom stereocenters. The van der Waals surface area contributed by atoms with Crippen LogP contribution in [0.2, 0.25) is 0 Å². The lowest BCUT2D eigenvalue weighted by Gasteiger charge is -2.28. The molecule has 2 aromatic carbocycles. The maximum Gasteiger partial charge on any atom is 0.260 e. The number of rotatable bonds is 6. The topological polar surface area (TPSA) is 70.1 Å². The number of aliphatic hydroxyl groups is 1. The fourth-order valence-electron chi connectivity index (χ4n) is 3.38.